The van der Waals surface area contributed by atoms with E-state index in [1.54, 1.807) is 6.20 Å². The molecule has 0 amide bonds. The average Bonchev–Trinajstić information content (AvgIpc) is 2.87. The van der Waals surface area contributed by atoms with Crippen LogP contribution < -0.4 is 11.1 Å². The van der Waals surface area contributed by atoms with Crippen molar-refractivity contribution in [1.82, 2.24) is 19.7 Å². The number of nitrogens with zero attached hydrogens (tertiary/aromatic N) is 4. The highest BCUT2D eigenvalue weighted by Gasteiger charge is 2.36. The van der Waals surface area contributed by atoms with Crippen LogP contribution in [0.2, 0.25) is 0 Å². The molecule has 0 spiro atoms. The number of hydrogen-bond acceptors (Lipinski definition) is 6. The van der Waals surface area contributed by atoms with Gasteiger partial charge in [0.05, 0.1) is 29.3 Å². The Kier molecular flexibility index (Phi) is 4.55. The van der Waals surface area contributed by atoms with Crippen molar-refractivity contribution >= 4 is 17.5 Å². The Morgan fingerprint density at radius 3 is 2.52 bits per heavy atom. The van der Waals surface area contributed by atoms with Gasteiger partial charge in [0.1, 0.15) is 11.4 Å². The van der Waals surface area contributed by atoms with Crippen molar-refractivity contribution < 1.29 is 17.9 Å². The molecule has 10 heteroatoms. The molecule has 0 radical (unpaired) electrons. The van der Waals surface area contributed by atoms with Crippen molar-refractivity contribution in [2.75, 3.05) is 24.3 Å². The Balaban J connectivity index is 1.85. The minimum Gasteiger partial charge on any atom is -0.383 e. The number of nitrogens with one attached hydrogen (secondary N) is 1. The van der Waals surface area contributed by atoms with Crippen LogP contribution in [0.4, 0.5) is 30.6 Å². The standard InChI is InChI=1S/C15H19F3N6O/c1-8-12(15(16,17)18)13(19)23-14(21-8)22-11-7-20-24(9(11)2)10-3-5-25-6-4-10/h7,10H,3-6H2,1-2H3,(H3,19,21,22,23). The van der Waals surface area contributed by atoms with Gasteiger partial charge in [-0.05, 0) is 26.7 Å². The fraction of sp³-hybridized carbons (Fsp3) is 0.533. The molecule has 3 rings (SSSR count). The van der Waals surface area contributed by atoms with Crippen molar-refractivity contribution in [3.05, 3.63) is 23.1 Å². The molecule has 0 atom stereocenters. The Bertz CT molecular complexity index is 744. The van der Waals surface area contributed by atoms with E-state index in [1.165, 1.54) is 6.92 Å². The van der Waals surface area contributed by atoms with Crippen LogP contribution in [0.25, 0.3) is 0 Å². The summed E-state index contributed by atoms with van der Waals surface area (Å²) in [4.78, 5) is 7.62. The van der Waals surface area contributed by atoms with Crippen LogP contribution >= 0.6 is 0 Å². The van der Waals surface area contributed by atoms with Crippen LogP contribution in [0.15, 0.2) is 6.20 Å². The second-order valence-corrected chi connectivity index (χ2v) is 5.95. The number of ether oxygens (including phenoxy) is 1. The van der Waals surface area contributed by atoms with Gasteiger partial charge in [0.15, 0.2) is 0 Å². The summed E-state index contributed by atoms with van der Waals surface area (Å²) in [5, 5.41) is 7.28. The first-order valence-corrected chi connectivity index (χ1v) is 7.87. The zero-order valence-electron chi connectivity index (χ0n) is 13.9. The van der Waals surface area contributed by atoms with Crippen LogP contribution in [0.3, 0.4) is 0 Å². The van der Waals surface area contributed by atoms with Crippen LogP contribution in [0.5, 0.6) is 0 Å². The highest BCUT2D eigenvalue weighted by molar-refractivity contribution is 5.58. The molecule has 0 aliphatic carbocycles. The maximum absolute atomic E-state index is 12.9. The third-order valence-corrected chi connectivity index (χ3v) is 4.23. The normalized spacial score (nSPS) is 16.2. The number of anilines is 3. The maximum atomic E-state index is 12.9. The van der Waals surface area contributed by atoms with Gasteiger partial charge < -0.3 is 15.8 Å². The molecule has 0 saturated carbocycles. The third kappa shape index (κ3) is 3.53. The quantitative estimate of drug-likeness (QED) is 0.879. The summed E-state index contributed by atoms with van der Waals surface area (Å²) in [5.74, 6) is -0.588. The molecule has 1 fully saturated rings. The van der Waals surface area contributed by atoms with Crippen LogP contribution in [-0.4, -0.2) is 33.0 Å². The van der Waals surface area contributed by atoms with Gasteiger partial charge in [0, 0.05) is 13.2 Å². The molecule has 2 aromatic heterocycles. The lowest BCUT2D eigenvalue weighted by Gasteiger charge is -2.23. The molecular formula is C15H19F3N6O. The molecule has 1 aliphatic heterocycles. The highest BCUT2D eigenvalue weighted by Crippen LogP contribution is 2.35. The summed E-state index contributed by atoms with van der Waals surface area (Å²) >= 11 is 0. The molecule has 3 heterocycles. The topological polar surface area (TPSA) is 90.9 Å². The van der Waals surface area contributed by atoms with Crippen molar-refractivity contribution in [1.29, 1.82) is 0 Å². The Morgan fingerprint density at radius 1 is 1.24 bits per heavy atom. The number of aryl methyl sites for hydroxylation is 1. The molecule has 2 aromatic rings. The number of nitrogen functional groups attached to an aromatic ring is 1. The summed E-state index contributed by atoms with van der Waals surface area (Å²) in [6.07, 6.45) is -1.25. The zero-order valence-corrected chi connectivity index (χ0v) is 13.9. The molecule has 136 valence electrons. The van der Waals surface area contributed by atoms with E-state index in [9.17, 15) is 13.2 Å². The molecule has 1 saturated heterocycles. The predicted molar refractivity (Wildman–Crippen MR) is 85.5 cm³/mol. The largest absolute Gasteiger partial charge is 0.421 e. The maximum Gasteiger partial charge on any atom is 0.421 e. The SMILES string of the molecule is Cc1nc(Nc2cnn(C3CCOCC3)c2C)nc(N)c1C(F)(F)F. The minimum absolute atomic E-state index is 0.0117. The third-order valence-electron chi connectivity index (χ3n) is 4.23. The van der Waals surface area contributed by atoms with Crippen LogP contribution in [-0.2, 0) is 10.9 Å². The lowest BCUT2D eigenvalue weighted by atomic mass is 10.1. The molecule has 1 aliphatic rings. The lowest BCUT2D eigenvalue weighted by Crippen LogP contribution is -2.21. The number of rotatable bonds is 3. The fourth-order valence-corrected chi connectivity index (χ4v) is 2.97. The lowest BCUT2D eigenvalue weighted by molar-refractivity contribution is -0.137. The number of alkyl halides is 3. The summed E-state index contributed by atoms with van der Waals surface area (Å²) in [5.41, 5.74) is 5.73. The second kappa shape index (κ2) is 6.51. The molecule has 3 N–H and O–H groups in total. The molecule has 7 nitrogen and oxygen atoms in total. The van der Waals surface area contributed by atoms with Crippen molar-refractivity contribution in [2.24, 2.45) is 0 Å². The van der Waals surface area contributed by atoms with E-state index < -0.39 is 17.6 Å². The first-order valence-electron chi connectivity index (χ1n) is 7.87. The van der Waals surface area contributed by atoms with E-state index >= 15 is 0 Å². The van der Waals surface area contributed by atoms with E-state index in [0.29, 0.717) is 18.9 Å². The van der Waals surface area contributed by atoms with E-state index in [1.807, 2.05) is 11.6 Å². The number of halogens is 3. The molecule has 25 heavy (non-hydrogen) atoms. The van der Waals surface area contributed by atoms with Gasteiger partial charge in [0.25, 0.3) is 0 Å². The second-order valence-electron chi connectivity index (χ2n) is 5.95. The number of hydrogen-bond donors (Lipinski definition) is 2. The first kappa shape index (κ1) is 17.5. The molecular weight excluding hydrogens is 337 g/mol. The zero-order chi connectivity index (χ0) is 18.2. The predicted octanol–water partition coefficient (Wildman–Crippen LogP) is 2.99. The van der Waals surface area contributed by atoms with Crippen molar-refractivity contribution in [3.63, 3.8) is 0 Å². The van der Waals surface area contributed by atoms with E-state index in [0.717, 1.165) is 18.5 Å². The van der Waals surface area contributed by atoms with E-state index in [4.69, 9.17) is 10.5 Å². The first-order chi connectivity index (χ1) is 11.8. The highest BCUT2D eigenvalue weighted by atomic mass is 19.4. The Morgan fingerprint density at radius 2 is 1.92 bits per heavy atom. The van der Waals surface area contributed by atoms with Gasteiger partial charge >= 0.3 is 6.18 Å². The van der Waals surface area contributed by atoms with Crippen LogP contribution in [0.1, 0.15) is 35.8 Å². The van der Waals surface area contributed by atoms with Gasteiger partial charge in [0.2, 0.25) is 5.95 Å². The molecule has 0 bridgehead atoms. The molecule has 0 aromatic carbocycles. The Hall–Kier alpha value is -2.36. The van der Waals surface area contributed by atoms with Gasteiger partial charge in [-0.15, -0.1) is 0 Å². The van der Waals surface area contributed by atoms with Gasteiger partial charge in [-0.2, -0.15) is 23.3 Å². The average molecular weight is 356 g/mol. The summed E-state index contributed by atoms with van der Waals surface area (Å²) in [6, 6.07) is 0.240. The smallest absolute Gasteiger partial charge is 0.383 e. The summed E-state index contributed by atoms with van der Waals surface area (Å²) in [6.45, 7) is 4.50. The molecule has 0 unspecified atom stereocenters. The fourth-order valence-electron chi connectivity index (χ4n) is 2.97. The van der Waals surface area contributed by atoms with Gasteiger partial charge in [-0.3, -0.25) is 4.68 Å². The van der Waals surface area contributed by atoms with Gasteiger partial charge in [-0.25, -0.2) is 4.98 Å². The minimum atomic E-state index is -4.59. The summed E-state index contributed by atoms with van der Waals surface area (Å²) in [7, 11) is 0. The monoisotopic (exact) mass is 356 g/mol. The van der Waals surface area contributed by atoms with E-state index in [-0.39, 0.29) is 17.7 Å². The van der Waals surface area contributed by atoms with Crippen molar-refractivity contribution in [2.45, 2.75) is 38.9 Å². The van der Waals surface area contributed by atoms with Gasteiger partial charge in [-0.1, -0.05) is 0 Å². The summed E-state index contributed by atoms with van der Waals surface area (Å²) < 4.78 is 46.1. The van der Waals surface area contributed by atoms with Crippen molar-refractivity contribution in [3.8, 4) is 0 Å². The number of nitrogens with two attached hydrogens (primary N) is 1. The number of aromatic nitrogens is 4. The Labute approximate surface area is 142 Å². The van der Waals surface area contributed by atoms with Crippen LogP contribution in [0, 0.1) is 13.8 Å². The van der Waals surface area contributed by atoms with E-state index in [2.05, 4.69) is 20.4 Å².